The van der Waals surface area contributed by atoms with E-state index in [0.717, 1.165) is 60.1 Å². The number of anilines is 1. The summed E-state index contributed by atoms with van der Waals surface area (Å²) in [6.07, 6.45) is 3.49. The number of pyridine rings is 1. The fourth-order valence-corrected chi connectivity index (χ4v) is 5.48. The minimum atomic E-state index is -1.02. The van der Waals surface area contributed by atoms with Crippen LogP contribution >= 0.6 is 11.6 Å². The van der Waals surface area contributed by atoms with Gasteiger partial charge in [0.15, 0.2) is 0 Å². The minimum absolute atomic E-state index is 0.130. The summed E-state index contributed by atoms with van der Waals surface area (Å²) in [4.78, 5) is 20.9. The Bertz CT molecular complexity index is 1680. The third-order valence-electron chi connectivity index (χ3n) is 7.58. The van der Waals surface area contributed by atoms with Crippen molar-refractivity contribution in [3.63, 3.8) is 0 Å². The average Bonchev–Trinajstić information content (AvgIpc) is 3.03. The largest absolute Gasteiger partial charge is 0.478 e. The van der Waals surface area contributed by atoms with E-state index in [1.807, 2.05) is 60.7 Å². The fourth-order valence-electron chi connectivity index (χ4n) is 5.35. The van der Waals surface area contributed by atoms with Gasteiger partial charge in [-0.15, -0.1) is 0 Å². The van der Waals surface area contributed by atoms with Crippen molar-refractivity contribution in [2.75, 3.05) is 31.1 Å². The Kier molecular flexibility index (Phi) is 8.17. The third kappa shape index (κ3) is 6.30. The normalized spacial score (nSPS) is 13.6. The van der Waals surface area contributed by atoms with Gasteiger partial charge >= 0.3 is 5.97 Å². The highest BCUT2D eigenvalue weighted by Crippen LogP contribution is 2.33. The van der Waals surface area contributed by atoms with Crippen molar-refractivity contribution in [2.24, 2.45) is 0 Å². The molecule has 2 heterocycles. The standard InChI is InChI=1S/C35H30ClN3O3/c36-29-10-8-26(9-11-29)32-7-2-1-4-28(32)24-38-18-20-39(21-19-38)30-12-13-33(35(40)41)34(23-30)42-31-6-3-5-27(22-31)25-14-16-37-17-15-25/h1-17,22-23H,18-21,24H2,(H,40,41). The number of benzene rings is 4. The lowest BCUT2D eigenvalue weighted by Crippen LogP contribution is -2.46. The monoisotopic (exact) mass is 575 g/mol. The highest BCUT2D eigenvalue weighted by Gasteiger charge is 2.21. The molecule has 0 unspecified atom stereocenters. The van der Waals surface area contributed by atoms with Gasteiger partial charge in [-0.25, -0.2) is 4.79 Å². The molecular formula is C35H30ClN3O3. The predicted molar refractivity (Wildman–Crippen MR) is 168 cm³/mol. The van der Waals surface area contributed by atoms with E-state index in [-0.39, 0.29) is 5.56 Å². The number of aromatic nitrogens is 1. The summed E-state index contributed by atoms with van der Waals surface area (Å²) in [6.45, 7) is 4.28. The first-order valence-electron chi connectivity index (χ1n) is 13.9. The molecule has 210 valence electrons. The molecule has 0 amide bonds. The summed E-state index contributed by atoms with van der Waals surface area (Å²) in [5, 5.41) is 10.6. The molecule has 0 radical (unpaired) electrons. The van der Waals surface area contributed by atoms with E-state index >= 15 is 0 Å². The summed E-state index contributed by atoms with van der Waals surface area (Å²) >= 11 is 6.11. The lowest BCUT2D eigenvalue weighted by atomic mass is 9.99. The van der Waals surface area contributed by atoms with E-state index in [9.17, 15) is 9.90 Å². The van der Waals surface area contributed by atoms with Crippen LogP contribution in [-0.4, -0.2) is 47.1 Å². The highest BCUT2D eigenvalue weighted by molar-refractivity contribution is 6.30. The molecule has 0 aliphatic carbocycles. The second kappa shape index (κ2) is 12.5. The maximum atomic E-state index is 12.0. The van der Waals surface area contributed by atoms with E-state index in [0.29, 0.717) is 11.5 Å². The maximum absolute atomic E-state index is 12.0. The average molecular weight is 576 g/mol. The zero-order valence-electron chi connectivity index (χ0n) is 23.0. The summed E-state index contributed by atoms with van der Waals surface area (Å²) in [5.74, 6) is -0.120. The van der Waals surface area contributed by atoms with Crippen LogP contribution in [0, 0.1) is 0 Å². The number of hydrogen-bond acceptors (Lipinski definition) is 5. The van der Waals surface area contributed by atoms with Crippen molar-refractivity contribution in [2.45, 2.75) is 6.54 Å². The van der Waals surface area contributed by atoms with Crippen LogP contribution in [0.3, 0.4) is 0 Å². The Balaban J connectivity index is 1.16. The summed E-state index contributed by atoms with van der Waals surface area (Å²) in [5.41, 5.74) is 6.71. The van der Waals surface area contributed by atoms with Gasteiger partial charge in [0, 0.05) is 61.9 Å². The molecule has 0 saturated carbocycles. The van der Waals surface area contributed by atoms with E-state index in [4.69, 9.17) is 16.3 Å². The first kappa shape index (κ1) is 27.5. The Labute approximate surface area is 250 Å². The van der Waals surface area contributed by atoms with Gasteiger partial charge < -0.3 is 14.7 Å². The number of piperazine rings is 1. The molecular weight excluding hydrogens is 546 g/mol. The van der Waals surface area contributed by atoms with E-state index in [1.54, 1.807) is 18.5 Å². The van der Waals surface area contributed by atoms with Gasteiger partial charge in [0.05, 0.1) is 0 Å². The molecule has 0 spiro atoms. The molecule has 5 aromatic rings. The van der Waals surface area contributed by atoms with Gasteiger partial charge in [0.2, 0.25) is 0 Å². The fraction of sp³-hybridized carbons (Fsp3) is 0.143. The van der Waals surface area contributed by atoms with Gasteiger partial charge in [-0.3, -0.25) is 9.88 Å². The molecule has 42 heavy (non-hydrogen) atoms. The molecule has 1 aromatic heterocycles. The molecule has 1 fully saturated rings. The molecule has 6 rings (SSSR count). The number of aromatic carboxylic acids is 1. The Morgan fingerprint density at radius 3 is 2.31 bits per heavy atom. The van der Waals surface area contributed by atoms with Crippen molar-refractivity contribution >= 4 is 23.3 Å². The van der Waals surface area contributed by atoms with Crippen molar-refractivity contribution in [1.29, 1.82) is 0 Å². The van der Waals surface area contributed by atoms with Gasteiger partial charge in [0.25, 0.3) is 0 Å². The number of carbonyl (C=O) groups is 1. The van der Waals surface area contributed by atoms with Crippen LogP contribution < -0.4 is 9.64 Å². The smallest absolute Gasteiger partial charge is 0.339 e. The van der Waals surface area contributed by atoms with Crippen molar-refractivity contribution in [3.8, 4) is 33.8 Å². The second-order valence-corrected chi connectivity index (χ2v) is 10.7. The molecule has 0 bridgehead atoms. The molecule has 1 aliphatic rings. The van der Waals surface area contributed by atoms with Gasteiger partial charge in [-0.1, -0.05) is 60.1 Å². The highest BCUT2D eigenvalue weighted by atomic mass is 35.5. The number of carboxylic acids is 1. The van der Waals surface area contributed by atoms with E-state index < -0.39 is 5.97 Å². The van der Waals surface area contributed by atoms with Gasteiger partial charge in [-0.2, -0.15) is 0 Å². The number of ether oxygens (including phenoxy) is 1. The Morgan fingerprint density at radius 2 is 1.55 bits per heavy atom. The number of halogens is 1. The van der Waals surface area contributed by atoms with Crippen LogP contribution in [0.2, 0.25) is 5.02 Å². The van der Waals surface area contributed by atoms with Crippen LogP contribution in [0.5, 0.6) is 11.5 Å². The van der Waals surface area contributed by atoms with Crippen LogP contribution in [-0.2, 0) is 6.54 Å². The maximum Gasteiger partial charge on any atom is 0.339 e. The third-order valence-corrected chi connectivity index (χ3v) is 7.83. The van der Waals surface area contributed by atoms with Crippen LogP contribution in [0.15, 0.2) is 116 Å². The van der Waals surface area contributed by atoms with Gasteiger partial charge in [0.1, 0.15) is 17.1 Å². The van der Waals surface area contributed by atoms with E-state index in [1.165, 1.54) is 11.1 Å². The molecule has 0 atom stereocenters. The van der Waals surface area contributed by atoms with Crippen LogP contribution in [0.1, 0.15) is 15.9 Å². The summed E-state index contributed by atoms with van der Waals surface area (Å²) < 4.78 is 6.19. The molecule has 7 heteroatoms. The van der Waals surface area contributed by atoms with Gasteiger partial charge in [-0.05, 0) is 76.3 Å². The SMILES string of the molecule is O=C(O)c1ccc(N2CCN(Cc3ccccc3-c3ccc(Cl)cc3)CC2)cc1Oc1cccc(-c2ccncc2)c1. The second-order valence-electron chi connectivity index (χ2n) is 10.3. The molecule has 1 saturated heterocycles. The lowest BCUT2D eigenvalue weighted by Gasteiger charge is -2.36. The van der Waals surface area contributed by atoms with Crippen LogP contribution in [0.25, 0.3) is 22.3 Å². The quantitative estimate of drug-likeness (QED) is 0.203. The molecule has 1 N–H and O–H groups in total. The summed E-state index contributed by atoms with van der Waals surface area (Å²) in [7, 11) is 0. The van der Waals surface area contributed by atoms with Crippen molar-refractivity contribution in [1.82, 2.24) is 9.88 Å². The number of nitrogens with zero attached hydrogens (tertiary/aromatic N) is 3. The molecule has 4 aromatic carbocycles. The molecule has 1 aliphatic heterocycles. The van der Waals surface area contributed by atoms with Crippen molar-refractivity contribution < 1.29 is 14.6 Å². The first-order valence-corrected chi connectivity index (χ1v) is 14.3. The Morgan fingerprint density at radius 1 is 0.786 bits per heavy atom. The first-order chi connectivity index (χ1) is 20.5. The Hall–Kier alpha value is -4.65. The predicted octanol–water partition coefficient (Wildman–Crippen LogP) is 7.88. The minimum Gasteiger partial charge on any atom is -0.478 e. The zero-order valence-corrected chi connectivity index (χ0v) is 23.7. The zero-order chi connectivity index (χ0) is 28.9. The van der Waals surface area contributed by atoms with Crippen molar-refractivity contribution in [3.05, 3.63) is 132 Å². The topological polar surface area (TPSA) is 65.9 Å². The number of carboxylic acid groups (broad SMARTS) is 1. The number of rotatable bonds is 8. The lowest BCUT2D eigenvalue weighted by molar-refractivity contribution is 0.0694. The summed E-state index contributed by atoms with van der Waals surface area (Å²) in [6, 6.07) is 33.3. The molecule has 6 nitrogen and oxygen atoms in total. The van der Waals surface area contributed by atoms with E-state index in [2.05, 4.69) is 51.2 Å². The number of hydrogen-bond donors (Lipinski definition) is 1. The van der Waals surface area contributed by atoms with Crippen LogP contribution in [0.4, 0.5) is 5.69 Å².